The lowest BCUT2D eigenvalue weighted by atomic mass is 10.4. The van der Waals surface area contributed by atoms with Crippen LogP contribution in [0.2, 0.25) is 4.34 Å². The lowest BCUT2D eigenvalue weighted by molar-refractivity contribution is -0.123. The third-order valence-electron chi connectivity index (χ3n) is 1.23. The first kappa shape index (κ1) is 9.51. The number of nitrogens with one attached hydrogen (secondary N) is 1. The number of carbonyl (C=O) groups excluding carboxylic acids is 1. The predicted molar refractivity (Wildman–Crippen MR) is 48.3 cm³/mol. The lowest BCUT2D eigenvalue weighted by Crippen LogP contribution is -2.25. The molecule has 0 radical (unpaired) electrons. The summed E-state index contributed by atoms with van der Waals surface area (Å²) in [6, 6.07) is 3.61. The minimum Gasteiger partial charge on any atom is -0.387 e. The summed E-state index contributed by atoms with van der Waals surface area (Å²) in [5.74, 6) is -0.375. The molecule has 2 N–H and O–H groups in total. The summed E-state index contributed by atoms with van der Waals surface area (Å²) in [5, 5.41) is 10.9. The number of hydrogen-bond acceptors (Lipinski definition) is 3. The summed E-state index contributed by atoms with van der Waals surface area (Å²) < 4.78 is 0.697. The average molecular weight is 206 g/mol. The molecule has 0 aliphatic heterocycles. The first-order valence-corrected chi connectivity index (χ1v) is 4.53. The Morgan fingerprint density at radius 2 is 2.42 bits per heavy atom. The fraction of sp³-hybridized carbons (Fsp3) is 0.286. The predicted octanol–water partition coefficient (Wildman–Crippen LogP) is 1.01. The van der Waals surface area contributed by atoms with Crippen molar-refractivity contribution < 1.29 is 9.90 Å². The quantitative estimate of drug-likeness (QED) is 0.774. The summed E-state index contributed by atoms with van der Waals surface area (Å²) in [7, 11) is 0. The summed E-state index contributed by atoms with van der Waals surface area (Å²) in [4.78, 5) is 11.6. The fourth-order valence-corrected chi connectivity index (χ4v) is 1.72. The normalized spacial score (nSPS) is 9.83. The number of rotatable bonds is 3. The number of aliphatic hydroxyl groups excluding tert-OH is 1. The molecule has 0 atom stereocenters. The van der Waals surface area contributed by atoms with Gasteiger partial charge in [0, 0.05) is 4.88 Å². The molecule has 1 aromatic rings. The summed E-state index contributed by atoms with van der Waals surface area (Å²) >= 11 is 7.08. The van der Waals surface area contributed by atoms with Gasteiger partial charge in [-0.1, -0.05) is 11.6 Å². The molecule has 0 aliphatic carbocycles. The van der Waals surface area contributed by atoms with Crippen molar-refractivity contribution in [2.45, 2.75) is 6.54 Å². The van der Waals surface area contributed by atoms with Gasteiger partial charge in [0.2, 0.25) is 5.91 Å². The van der Waals surface area contributed by atoms with Crippen molar-refractivity contribution in [2.75, 3.05) is 6.61 Å². The van der Waals surface area contributed by atoms with Gasteiger partial charge in [-0.3, -0.25) is 4.79 Å². The van der Waals surface area contributed by atoms with Gasteiger partial charge in [0.1, 0.15) is 6.61 Å². The third-order valence-corrected chi connectivity index (χ3v) is 2.46. The maximum atomic E-state index is 10.6. The summed E-state index contributed by atoms with van der Waals surface area (Å²) in [6.07, 6.45) is 0. The van der Waals surface area contributed by atoms with Crippen LogP contribution >= 0.6 is 22.9 Å². The monoisotopic (exact) mass is 205 g/mol. The highest BCUT2D eigenvalue weighted by molar-refractivity contribution is 7.16. The molecular formula is C7H8ClNO2S. The first-order valence-electron chi connectivity index (χ1n) is 3.34. The Labute approximate surface area is 79.0 Å². The van der Waals surface area contributed by atoms with Crippen LogP contribution in [-0.4, -0.2) is 17.6 Å². The van der Waals surface area contributed by atoms with Crippen LogP contribution < -0.4 is 5.32 Å². The Bertz CT molecular complexity index is 274. The maximum Gasteiger partial charge on any atom is 0.246 e. The Morgan fingerprint density at radius 3 is 2.92 bits per heavy atom. The molecule has 3 nitrogen and oxygen atoms in total. The number of thiophene rings is 1. The largest absolute Gasteiger partial charge is 0.387 e. The van der Waals surface area contributed by atoms with Crippen molar-refractivity contribution in [3.8, 4) is 0 Å². The van der Waals surface area contributed by atoms with E-state index in [1.165, 1.54) is 11.3 Å². The smallest absolute Gasteiger partial charge is 0.246 e. The van der Waals surface area contributed by atoms with E-state index in [1.807, 2.05) is 6.07 Å². The second-order valence-corrected chi connectivity index (χ2v) is 3.94. The molecule has 0 bridgehead atoms. The van der Waals surface area contributed by atoms with E-state index in [4.69, 9.17) is 16.7 Å². The van der Waals surface area contributed by atoms with E-state index in [1.54, 1.807) is 6.07 Å². The van der Waals surface area contributed by atoms with Gasteiger partial charge in [-0.05, 0) is 12.1 Å². The Balaban J connectivity index is 2.38. The van der Waals surface area contributed by atoms with Crippen molar-refractivity contribution in [3.05, 3.63) is 21.3 Å². The van der Waals surface area contributed by atoms with E-state index in [9.17, 15) is 4.79 Å². The van der Waals surface area contributed by atoms with Gasteiger partial charge in [-0.25, -0.2) is 0 Å². The van der Waals surface area contributed by atoms with Crippen molar-refractivity contribution >= 4 is 28.8 Å². The van der Waals surface area contributed by atoms with Crippen LogP contribution in [0.3, 0.4) is 0 Å². The van der Waals surface area contributed by atoms with Crippen LogP contribution in [0, 0.1) is 0 Å². The van der Waals surface area contributed by atoms with Gasteiger partial charge >= 0.3 is 0 Å². The number of amides is 1. The lowest BCUT2D eigenvalue weighted by Gasteiger charge is -1.98. The minimum atomic E-state index is -0.473. The van der Waals surface area contributed by atoms with E-state index < -0.39 is 6.61 Å². The molecule has 1 amide bonds. The van der Waals surface area contributed by atoms with E-state index in [0.29, 0.717) is 10.9 Å². The zero-order chi connectivity index (χ0) is 8.97. The molecule has 66 valence electrons. The second kappa shape index (κ2) is 4.45. The van der Waals surface area contributed by atoms with Crippen LogP contribution in [-0.2, 0) is 11.3 Å². The fourth-order valence-electron chi connectivity index (χ4n) is 0.688. The zero-order valence-electron chi connectivity index (χ0n) is 6.21. The van der Waals surface area contributed by atoms with E-state index in [-0.39, 0.29) is 5.91 Å². The molecule has 0 aromatic carbocycles. The van der Waals surface area contributed by atoms with Crippen molar-refractivity contribution in [1.29, 1.82) is 0 Å². The van der Waals surface area contributed by atoms with E-state index >= 15 is 0 Å². The summed E-state index contributed by atoms with van der Waals surface area (Å²) in [5.41, 5.74) is 0. The SMILES string of the molecule is O=C(CO)NCc1ccc(Cl)s1. The Kier molecular flexibility index (Phi) is 3.52. The van der Waals surface area contributed by atoms with Crippen molar-refractivity contribution in [2.24, 2.45) is 0 Å². The molecule has 0 aliphatic rings. The molecule has 0 saturated carbocycles. The number of aliphatic hydroxyl groups is 1. The third kappa shape index (κ3) is 2.81. The van der Waals surface area contributed by atoms with Gasteiger partial charge in [0.05, 0.1) is 10.9 Å². The molecule has 1 aromatic heterocycles. The summed E-state index contributed by atoms with van der Waals surface area (Å²) in [6.45, 7) is -0.0457. The molecule has 0 unspecified atom stereocenters. The highest BCUT2D eigenvalue weighted by Gasteiger charge is 2.00. The van der Waals surface area contributed by atoms with Crippen LogP contribution in [0.25, 0.3) is 0 Å². The van der Waals surface area contributed by atoms with Gasteiger partial charge < -0.3 is 10.4 Å². The standard InChI is InChI=1S/C7H8ClNO2S/c8-6-2-1-5(12-6)3-9-7(11)4-10/h1-2,10H,3-4H2,(H,9,11). The molecular weight excluding hydrogens is 198 g/mol. The minimum absolute atomic E-state index is 0.375. The van der Waals surface area contributed by atoms with E-state index in [0.717, 1.165) is 4.88 Å². The van der Waals surface area contributed by atoms with Crippen LogP contribution in [0.4, 0.5) is 0 Å². The first-order chi connectivity index (χ1) is 5.72. The molecule has 1 rings (SSSR count). The molecule has 12 heavy (non-hydrogen) atoms. The van der Waals surface area contributed by atoms with Gasteiger partial charge in [-0.2, -0.15) is 0 Å². The maximum absolute atomic E-state index is 10.6. The molecule has 0 spiro atoms. The average Bonchev–Trinajstić information content (AvgIpc) is 2.47. The molecule has 0 saturated heterocycles. The van der Waals surface area contributed by atoms with Gasteiger partial charge in [0.25, 0.3) is 0 Å². The molecule has 1 heterocycles. The second-order valence-electron chi connectivity index (χ2n) is 2.14. The molecule has 0 fully saturated rings. The van der Waals surface area contributed by atoms with Crippen LogP contribution in [0.1, 0.15) is 4.88 Å². The Hall–Kier alpha value is -0.580. The van der Waals surface area contributed by atoms with Gasteiger partial charge in [-0.15, -0.1) is 11.3 Å². The van der Waals surface area contributed by atoms with Crippen LogP contribution in [0.15, 0.2) is 12.1 Å². The number of halogens is 1. The number of hydrogen-bond donors (Lipinski definition) is 2. The van der Waals surface area contributed by atoms with Crippen LogP contribution in [0.5, 0.6) is 0 Å². The highest BCUT2D eigenvalue weighted by Crippen LogP contribution is 2.20. The topological polar surface area (TPSA) is 49.3 Å². The van der Waals surface area contributed by atoms with E-state index in [2.05, 4.69) is 5.32 Å². The number of carbonyl (C=O) groups is 1. The van der Waals surface area contributed by atoms with Crippen molar-refractivity contribution in [1.82, 2.24) is 5.32 Å². The van der Waals surface area contributed by atoms with Crippen molar-refractivity contribution in [3.63, 3.8) is 0 Å². The zero-order valence-corrected chi connectivity index (χ0v) is 7.78. The molecule has 5 heteroatoms. The van der Waals surface area contributed by atoms with Gasteiger partial charge in [0.15, 0.2) is 0 Å². The Morgan fingerprint density at radius 1 is 1.67 bits per heavy atom. The highest BCUT2D eigenvalue weighted by atomic mass is 35.5.